The number of aliphatic hydroxyl groups is 1. The molecule has 2 aromatic rings. The molecule has 2 aromatic carbocycles. The third kappa shape index (κ3) is 7.87. The third-order valence-electron chi connectivity index (χ3n) is 5.98. The van der Waals surface area contributed by atoms with E-state index in [2.05, 4.69) is 10.2 Å². The number of hydrogen-bond donors (Lipinski definition) is 2. The molecule has 33 heavy (non-hydrogen) atoms. The van der Waals surface area contributed by atoms with Crippen LogP contribution < -0.4 is 5.32 Å². The number of nitrogens with zero attached hydrogens (tertiary/aromatic N) is 3. The van der Waals surface area contributed by atoms with Crippen LogP contribution in [0.1, 0.15) is 18.1 Å². The molecule has 7 heteroatoms. The van der Waals surface area contributed by atoms with E-state index in [9.17, 15) is 14.7 Å². The van der Waals surface area contributed by atoms with Crippen molar-refractivity contribution in [1.82, 2.24) is 20.0 Å². The van der Waals surface area contributed by atoms with Crippen LogP contribution in [0.25, 0.3) is 0 Å². The van der Waals surface area contributed by atoms with Crippen LogP contribution in [-0.2, 0) is 17.6 Å². The molecule has 1 fully saturated rings. The molecular formula is C26H36N4O3. The monoisotopic (exact) mass is 452 g/mol. The van der Waals surface area contributed by atoms with Crippen LogP contribution in [0.5, 0.6) is 0 Å². The lowest BCUT2D eigenvalue weighted by Crippen LogP contribution is -2.57. The summed E-state index contributed by atoms with van der Waals surface area (Å²) in [7, 11) is 2.05. The van der Waals surface area contributed by atoms with Crippen molar-refractivity contribution < 1.29 is 14.7 Å². The summed E-state index contributed by atoms with van der Waals surface area (Å²) in [6.07, 6.45) is 0.447. The summed E-state index contributed by atoms with van der Waals surface area (Å²) in [5.41, 5.74) is 2.12. The number of rotatable bonds is 9. The number of carbonyl (C=O) groups is 2. The maximum atomic E-state index is 13.4. The molecule has 0 unspecified atom stereocenters. The number of aliphatic hydroxyl groups excluding tert-OH is 1. The van der Waals surface area contributed by atoms with Crippen LogP contribution in [0.15, 0.2) is 60.7 Å². The van der Waals surface area contributed by atoms with E-state index in [4.69, 9.17) is 0 Å². The Morgan fingerprint density at radius 2 is 1.55 bits per heavy atom. The number of nitrogens with one attached hydrogen (secondary N) is 1. The van der Waals surface area contributed by atoms with Gasteiger partial charge in [-0.25, -0.2) is 4.79 Å². The Balaban J connectivity index is 1.71. The Morgan fingerprint density at radius 3 is 2.12 bits per heavy atom. The van der Waals surface area contributed by atoms with Crippen molar-refractivity contribution in [3.63, 3.8) is 0 Å². The molecule has 2 atom stereocenters. The molecule has 1 aliphatic rings. The van der Waals surface area contributed by atoms with Crippen LogP contribution in [-0.4, -0.2) is 90.2 Å². The van der Waals surface area contributed by atoms with Gasteiger partial charge in [-0.3, -0.25) is 4.79 Å². The third-order valence-corrected chi connectivity index (χ3v) is 5.98. The molecule has 2 N–H and O–H groups in total. The molecule has 0 saturated carbocycles. The minimum absolute atomic E-state index is 0.0552. The van der Waals surface area contributed by atoms with Gasteiger partial charge in [0.05, 0.1) is 6.10 Å². The normalized spacial score (nSPS) is 16.2. The Hall–Kier alpha value is -2.90. The Kier molecular flexibility index (Phi) is 9.27. The molecular weight excluding hydrogens is 416 g/mol. The number of amides is 3. The first kappa shape index (κ1) is 24.7. The van der Waals surface area contributed by atoms with Gasteiger partial charge in [0.1, 0.15) is 6.04 Å². The number of urea groups is 1. The Morgan fingerprint density at radius 1 is 0.970 bits per heavy atom. The molecule has 0 radical (unpaired) electrons. The fourth-order valence-corrected chi connectivity index (χ4v) is 4.04. The van der Waals surface area contributed by atoms with E-state index in [1.807, 2.05) is 72.6 Å². The average molecular weight is 453 g/mol. The van der Waals surface area contributed by atoms with Gasteiger partial charge in [0, 0.05) is 45.7 Å². The van der Waals surface area contributed by atoms with Crippen LogP contribution in [0.2, 0.25) is 0 Å². The van der Waals surface area contributed by atoms with E-state index in [1.165, 1.54) is 0 Å². The lowest BCUT2D eigenvalue weighted by Gasteiger charge is -2.35. The van der Waals surface area contributed by atoms with Crippen LogP contribution in [0.4, 0.5) is 4.79 Å². The van der Waals surface area contributed by atoms with Gasteiger partial charge in [0.25, 0.3) is 0 Å². The van der Waals surface area contributed by atoms with E-state index in [0.717, 1.165) is 24.2 Å². The molecule has 1 saturated heterocycles. The first-order valence-electron chi connectivity index (χ1n) is 11.7. The average Bonchev–Trinajstić information content (AvgIpc) is 2.82. The molecule has 0 bridgehead atoms. The van der Waals surface area contributed by atoms with Crippen molar-refractivity contribution in [2.45, 2.75) is 31.9 Å². The van der Waals surface area contributed by atoms with Crippen LogP contribution in [0, 0.1) is 0 Å². The van der Waals surface area contributed by atoms with Gasteiger partial charge >= 0.3 is 6.03 Å². The predicted octanol–water partition coefficient (Wildman–Crippen LogP) is 2.01. The van der Waals surface area contributed by atoms with E-state index in [1.54, 1.807) is 11.8 Å². The van der Waals surface area contributed by atoms with Gasteiger partial charge in [-0.2, -0.15) is 0 Å². The predicted molar refractivity (Wildman–Crippen MR) is 130 cm³/mol. The zero-order chi connectivity index (χ0) is 23.6. The molecule has 3 rings (SSSR count). The molecule has 7 nitrogen and oxygen atoms in total. The standard InChI is InChI=1S/C26H36N4O3/c1-21(31)20-30(14-13-22-9-5-3-6-10-22)26(33)27-24(19-23-11-7-4-8-12-23)25(32)29-17-15-28(2)16-18-29/h3-12,21,24,31H,13-20H2,1-2H3,(H,27,33)/t21-,24+/m1/s1. The van der Waals surface area contributed by atoms with Gasteiger partial charge in [0.2, 0.25) is 5.91 Å². The molecule has 3 amide bonds. The highest BCUT2D eigenvalue weighted by Gasteiger charge is 2.29. The van der Waals surface area contributed by atoms with Crippen molar-refractivity contribution in [1.29, 1.82) is 0 Å². The summed E-state index contributed by atoms with van der Waals surface area (Å²) in [5.74, 6) is -0.0552. The highest BCUT2D eigenvalue weighted by atomic mass is 16.3. The molecule has 1 aliphatic heterocycles. The van der Waals surface area contributed by atoms with Crippen molar-refractivity contribution in [2.75, 3.05) is 46.3 Å². The van der Waals surface area contributed by atoms with Crippen molar-refractivity contribution in [3.8, 4) is 0 Å². The lowest BCUT2D eigenvalue weighted by atomic mass is 10.0. The first-order chi connectivity index (χ1) is 15.9. The minimum atomic E-state index is -0.660. The fraction of sp³-hybridized carbons (Fsp3) is 0.462. The van der Waals surface area contributed by atoms with Gasteiger partial charge in [-0.15, -0.1) is 0 Å². The number of piperazine rings is 1. The van der Waals surface area contributed by atoms with E-state index >= 15 is 0 Å². The second-order valence-corrected chi connectivity index (χ2v) is 8.85. The zero-order valence-corrected chi connectivity index (χ0v) is 19.7. The van der Waals surface area contributed by atoms with Crippen molar-refractivity contribution >= 4 is 11.9 Å². The first-order valence-corrected chi connectivity index (χ1v) is 11.7. The van der Waals surface area contributed by atoms with E-state index < -0.39 is 12.1 Å². The van der Waals surface area contributed by atoms with Gasteiger partial charge in [-0.05, 0) is 31.5 Å². The molecule has 178 valence electrons. The second-order valence-electron chi connectivity index (χ2n) is 8.85. The smallest absolute Gasteiger partial charge is 0.318 e. The second kappa shape index (κ2) is 12.4. The molecule has 0 spiro atoms. The van der Waals surface area contributed by atoms with Gasteiger partial charge in [0.15, 0.2) is 0 Å². The van der Waals surface area contributed by atoms with Gasteiger partial charge < -0.3 is 25.1 Å². The topological polar surface area (TPSA) is 76.1 Å². The summed E-state index contributed by atoms with van der Waals surface area (Å²) in [6.45, 7) is 5.29. The number of likely N-dealkylation sites (N-methyl/N-ethyl adjacent to an activating group) is 1. The number of carbonyl (C=O) groups excluding carboxylic acids is 2. The van der Waals surface area contributed by atoms with Crippen LogP contribution in [0.3, 0.4) is 0 Å². The summed E-state index contributed by atoms with van der Waals surface area (Å²) >= 11 is 0. The van der Waals surface area contributed by atoms with E-state index in [0.29, 0.717) is 32.5 Å². The summed E-state index contributed by atoms with van der Waals surface area (Å²) in [4.78, 5) is 32.3. The highest BCUT2D eigenvalue weighted by Crippen LogP contribution is 2.10. The van der Waals surface area contributed by atoms with Crippen molar-refractivity contribution in [3.05, 3.63) is 71.8 Å². The number of benzene rings is 2. The SMILES string of the molecule is C[C@@H](O)CN(CCc1ccccc1)C(=O)N[C@@H](Cc1ccccc1)C(=O)N1CCN(C)CC1. The molecule has 1 heterocycles. The van der Waals surface area contributed by atoms with Crippen LogP contribution >= 0.6 is 0 Å². The van der Waals surface area contributed by atoms with E-state index in [-0.39, 0.29) is 18.5 Å². The minimum Gasteiger partial charge on any atom is -0.392 e. The fourth-order valence-electron chi connectivity index (χ4n) is 4.04. The highest BCUT2D eigenvalue weighted by molar-refractivity contribution is 5.87. The van der Waals surface area contributed by atoms with Crippen molar-refractivity contribution in [2.24, 2.45) is 0 Å². The maximum Gasteiger partial charge on any atom is 0.318 e. The molecule has 0 aliphatic carbocycles. The lowest BCUT2D eigenvalue weighted by molar-refractivity contribution is -0.134. The molecule has 0 aromatic heterocycles. The Labute approximate surface area is 197 Å². The summed E-state index contributed by atoms with van der Waals surface area (Å²) < 4.78 is 0. The summed E-state index contributed by atoms with van der Waals surface area (Å²) in [5, 5.41) is 13.0. The summed E-state index contributed by atoms with van der Waals surface area (Å²) in [6, 6.07) is 18.7. The number of hydrogen-bond acceptors (Lipinski definition) is 4. The maximum absolute atomic E-state index is 13.4. The zero-order valence-electron chi connectivity index (χ0n) is 19.7. The Bertz CT molecular complexity index is 868. The van der Waals surface area contributed by atoms with Gasteiger partial charge in [-0.1, -0.05) is 60.7 Å². The largest absolute Gasteiger partial charge is 0.392 e. The quantitative estimate of drug-likeness (QED) is 0.610.